The number of fused-ring (bicyclic) bond motifs is 1. The van der Waals surface area contributed by atoms with Crippen LogP contribution in [0.15, 0.2) is 72.9 Å². The van der Waals surface area contributed by atoms with Gasteiger partial charge in [-0.3, -0.25) is 4.90 Å². The van der Waals surface area contributed by atoms with Gasteiger partial charge >= 0.3 is 6.03 Å². The number of amides is 2. The van der Waals surface area contributed by atoms with E-state index in [0.29, 0.717) is 28.8 Å². The number of aromatic nitrogens is 4. The Morgan fingerprint density at radius 3 is 2.26 bits per heavy atom. The Labute approximate surface area is 260 Å². The molecule has 2 aromatic heterocycles. The van der Waals surface area contributed by atoms with Gasteiger partial charge in [0, 0.05) is 44.0 Å². The lowest BCUT2D eigenvalue weighted by Gasteiger charge is -2.36. The van der Waals surface area contributed by atoms with Crippen LogP contribution in [0.3, 0.4) is 0 Å². The topological polar surface area (TPSA) is 85.3 Å². The molecule has 4 heterocycles. The van der Waals surface area contributed by atoms with Gasteiger partial charge in [-0.1, -0.05) is 41.4 Å². The summed E-state index contributed by atoms with van der Waals surface area (Å²) in [4.78, 5) is 27.8. The third-order valence-corrected chi connectivity index (χ3v) is 8.83. The fourth-order valence-corrected chi connectivity index (χ4v) is 6.55. The van der Waals surface area contributed by atoms with Crippen molar-refractivity contribution in [1.82, 2.24) is 29.5 Å². The Bertz CT molecular complexity index is 1710. The molecule has 0 radical (unpaired) electrons. The van der Waals surface area contributed by atoms with E-state index in [0.717, 1.165) is 72.2 Å². The zero-order valence-corrected chi connectivity index (χ0v) is 25.2. The molecule has 2 amide bonds. The van der Waals surface area contributed by atoms with E-state index in [4.69, 9.17) is 28.2 Å². The van der Waals surface area contributed by atoms with Crippen LogP contribution in [-0.2, 0) is 6.54 Å². The lowest BCUT2D eigenvalue weighted by molar-refractivity contribution is 0.208. The maximum absolute atomic E-state index is 13.1. The number of nitrogens with zero attached hydrogens (tertiary/aromatic N) is 6. The molecule has 0 atom stereocenters. The van der Waals surface area contributed by atoms with E-state index in [1.54, 1.807) is 11.1 Å². The van der Waals surface area contributed by atoms with E-state index in [1.165, 1.54) is 12.8 Å². The van der Waals surface area contributed by atoms with E-state index in [-0.39, 0.29) is 6.03 Å². The molecule has 2 N–H and O–H groups in total. The second-order valence-electron chi connectivity index (χ2n) is 11.1. The zero-order chi connectivity index (χ0) is 29.3. The Balaban J connectivity index is 0.965. The number of piperazine rings is 1. The Hall–Kier alpha value is -4.05. The molecule has 0 aliphatic carbocycles. The van der Waals surface area contributed by atoms with Crippen LogP contribution in [0.1, 0.15) is 18.4 Å². The number of imidazole rings is 1. The maximum atomic E-state index is 13.1. The Morgan fingerprint density at radius 1 is 0.860 bits per heavy atom. The minimum atomic E-state index is -0.190. The van der Waals surface area contributed by atoms with Crippen molar-refractivity contribution in [2.24, 2.45) is 0 Å². The second-order valence-corrected chi connectivity index (χ2v) is 11.9. The molecule has 0 spiro atoms. The van der Waals surface area contributed by atoms with Crippen molar-refractivity contribution in [2.45, 2.75) is 19.4 Å². The summed E-state index contributed by atoms with van der Waals surface area (Å²) >= 11 is 13.1. The van der Waals surface area contributed by atoms with Gasteiger partial charge < -0.3 is 20.1 Å². The van der Waals surface area contributed by atoms with Gasteiger partial charge in [-0.15, -0.1) is 0 Å². The molecule has 220 valence electrons. The van der Waals surface area contributed by atoms with Gasteiger partial charge in [-0.2, -0.15) is 5.10 Å². The highest BCUT2D eigenvalue weighted by Gasteiger charge is 2.23. The molecule has 9 nitrogen and oxygen atoms in total. The van der Waals surface area contributed by atoms with Crippen LogP contribution in [0.4, 0.5) is 16.2 Å². The van der Waals surface area contributed by atoms with Crippen molar-refractivity contribution >= 4 is 51.8 Å². The second kappa shape index (κ2) is 11.9. The van der Waals surface area contributed by atoms with Crippen LogP contribution in [0.5, 0.6) is 0 Å². The lowest BCUT2D eigenvalue weighted by atomic mass is 10.1. The number of nitrogens with one attached hydrogen (secondary N) is 2. The average Bonchev–Trinajstić information content (AvgIpc) is 3.78. The van der Waals surface area contributed by atoms with Crippen molar-refractivity contribution in [3.63, 3.8) is 0 Å². The SMILES string of the molecule is O=C(Nc1c(Cl)cc(CN2CCCC2)cc1Cl)N1CCN(c2ccc(-c3nc4cnn(-c5ccccc5)c4[nH]3)cc2)CC1. The van der Waals surface area contributed by atoms with E-state index in [9.17, 15) is 4.79 Å². The van der Waals surface area contributed by atoms with Crippen molar-refractivity contribution in [3.8, 4) is 17.1 Å². The predicted octanol–water partition coefficient (Wildman–Crippen LogP) is 6.67. The molecule has 7 rings (SSSR count). The van der Waals surface area contributed by atoms with E-state index < -0.39 is 0 Å². The first-order valence-corrected chi connectivity index (χ1v) is 15.4. The fraction of sp³-hybridized carbons (Fsp3) is 0.281. The number of H-pyrrole nitrogens is 1. The van der Waals surface area contributed by atoms with E-state index in [2.05, 4.69) is 49.5 Å². The van der Waals surface area contributed by atoms with Gasteiger partial charge in [0.1, 0.15) is 11.3 Å². The molecule has 0 saturated carbocycles. The summed E-state index contributed by atoms with van der Waals surface area (Å²) in [5, 5.41) is 8.36. The molecular weight excluding hydrogens is 583 g/mol. The van der Waals surface area contributed by atoms with Gasteiger partial charge in [0.05, 0.1) is 27.6 Å². The number of para-hydroxylation sites is 1. The van der Waals surface area contributed by atoms with Crippen LogP contribution in [-0.4, -0.2) is 74.8 Å². The summed E-state index contributed by atoms with van der Waals surface area (Å²) in [5.74, 6) is 0.798. The van der Waals surface area contributed by atoms with E-state index in [1.807, 2.05) is 47.1 Å². The summed E-state index contributed by atoms with van der Waals surface area (Å²) in [6, 6.07) is 22.0. The van der Waals surface area contributed by atoms with Gasteiger partial charge in [0.15, 0.2) is 5.65 Å². The van der Waals surface area contributed by atoms with Crippen LogP contribution < -0.4 is 10.2 Å². The molecule has 0 unspecified atom stereocenters. The molecular formula is C32H32Cl2N8O. The van der Waals surface area contributed by atoms with Gasteiger partial charge in [-0.05, 0) is 80.0 Å². The number of hydrogen-bond acceptors (Lipinski definition) is 5. The fourth-order valence-electron chi connectivity index (χ4n) is 5.92. The van der Waals surface area contributed by atoms with Crippen LogP contribution in [0.25, 0.3) is 28.2 Å². The molecule has 2 fully saturated rings. The van der Waals surface area contributed by atoms with Gasteiger partial charge in [0.2, 0.25) is 0 Å². The minimum Gasteiger partial charge on any atom is -0.368 e. The average molecular weight is 616 g/mol. The van der Waals surface area contributed by atoms with Gasteiger partial charge in [0.25, 0.3) is 0 Å². The highest BCUT2D eigenvalue weighted by atomic mass is 35.5. The quantitative estimate of drug-likeness (QED) is 0.223. The molecule has 0 bridgehead atoms. The number of urea groups is 1. The molecule has 2 saturated heterocycles. The van der Waals surface area contributed by atoms with Crippen molar-refractivity contribution in [3.05, 3.63) is 88.5 Å². The third kappa shape index (κ3) is 5.80. The molecule has 11 heteroatoms. The van der Waals surface area contributed by atoms with Crippen LogP contribution in [0, 0.1) is 0 Å². The molecule has 5 aromatic rings. The van der Waals surface area contributed by atoms with E-state index >= 15 is 0 Å². The summed E-state index contributed by atoms with van der Waals surface area (Å²) in [5.41, 5.74) is 6.30. The Kier molecular flexibility index (Phi) is 7.69. The lowest BCUT2D eigenvalue weighted by Crippen LogP contribution is -2.50. The summed E-state index contributed by atoms with van der Waals surface area (Å²) < 4.78 is 1.86. The number of halogens is 2. The Morgan fingerprint density at radius 2 is 1.56 bits per heavy atom. The first-order valence-electron chi connectivity index (χ1n) is 14.6. The normalized spacial score (nSPS) is 15.9. The number of aromatic amines is 1. The number of carbonyl (C=O) groups excluding carboxylic acids is 1. The van der Waals surface area contributed by atoms with Crippen molar-refractivity contribution in [2.75, 3.05) is 49.5 Å². The third-order valence-electron chi connectivity index (χ3n) is 8.23. The largest absolute Gasteiger partial charge is 0.368 e. The first kappa shape index (κ1) is 27.8. The predicted molar refractivity (Wildman–Crippen MR) is 172 cm³/mol. The highest BCUT2D eigenvalue weighted by molar-refractivity contribution is 6.39. The van der Waals surface area contributed by atoms with Gasteiger partial charge in [-0.25, -0.2) is 14.5 Å². The van der Waals surface area contributed by atoms with Crippen molar-refractivity contribution < 1.29 is 4.79 Å². The molecule has 43 heavy (non-hydrogen) atoms. The molecule has 2 aliphatic rings. The number of rotatable bonds is 6. The molecule has 3 aromatic carbocycles. The molecule has 2 aliphatic heterocycles. The highest BCUT2D eigenvalue weighted by Crippen LogP contribution is 2.33. The number of likely N-dealkylation sites (tertiary alicyclic amines) is 1. The maximum Gasteiger partial charge on any atom is 0.322 e. The zero-order valence-electron chi connectivity index (χ0n) is 23.6. The van der Waals surface area contributed by atoms with Crippen molar-refractivity contribution in [1.29, 1.82) is 0 Å². The summed E-state index contributed by atoms with van der Waals surface area (Å²) in [7, 11) is 0. The standard InChI is InChI=1S/C32H32Cl2N8O/c33-26-18-22(21-39-12-4-5-13-39)19-27(34)29(26)37-32(43)41-16-14-40(15-17-41)24-10-8-23(9-11-24)30-36-28-20-35-42(31(28)38-30)25-6-2-1-3-7-25/h1-3,6-11,18-20H,4-5,12-17,21H2,(H,36,38)(H,37,43). The minimum absolute atomic E-state index is 0.190. The number of carbonyl (C=O) groups is 1. The van der Waals surface area contributed by atoms with Crippen LogP contribution in [0.2, 0.25) is 10.0 Å². The number of anilines is 2. The summed E-state index contributed by atoms with van der Waals surface area (Å²) in [6.45, 7) is 5.65. The summed E-state index contributed by atoms with van der Waals surface area (Å²) in [6.07, 6.45) is 4.23. The van der Waals surface area contributed by atoms with Crippen LogP contribution >= 0.6 is 23.2 Å². The smallest absolute Gasteiger partial charge is 0.322 e. The number of benzene rings is 3. The monoisotopic (exact) mass is 614 g/mol. The first-order chi connectivity index (χ1) is 21.0. The number of hydrogen-bond donors (Lipinski definition) is 2.